The van der Waals surface area contributed by atoms with Crippen LogP contribution < -0.4 is 10.6 Å². The van der Waals surface area contributed by atoms with Crippen LogP contribution in [-0.2, 0) is 13.1 Å². The second-order valence-corrected chi connectivity index (χ2v) is 6.35. The van der Waals surface area contributed by atoms with Crippen LogP contribution in [0.3, 0.4) is 0 Å². The van der Waals surface area contributed by atoms with Crippen LogP contribution in [0.15, 0.2) is 83.6 Å². The average molecular weight is 385 g/mol. The standard InChI is InChI=1S/C22H19N5O2/c28-22(25-14-16-5-2-1-3-6-16)18-7-4-8-19(13-18)24-15-20-26-21(27-29-20)17-9-11-23-12-10-17/h1-13,24H,14-15H2,(H,25,28). The molecule has 0 fully saturated rings. The lowest BCUT2D eigenvalue weighted by molar-refractivity contribution is 0.0951. The highest BCUT2D eigenvalue weighted by atomic mass is 16.5. The normalized spacial score (nSPS) is 10.5. The van der Waals surface area contributed by atoms with E-state index in [2.05, 4.69) is 25.8 Å². The van der Waals surface area contributed by atoms with E-state index in [-0.39, 0.29) is 5.91 Å². The second kappa shape index (κ2) is 8.79. The molecule has 0 aliphatic carbocycles. The maximum atomic E-state index is 12.4. The molecule has 2 aromatic carbocycles. The maximum Gasteiger partial charge on any atom is 0.251 e. The molecule has 29 heavy (non-hydrogen) atoms. The number of carbonyl (C=O) groups excluding carboxylic acids is 1. The molecule has 4 rings (SSSR count). The van der Waals surface area contributed by atoms with Crippen molar-refractivity contribution in [3.05, 3.63) is 96.1 Å². The van der Waals surface area contributed by atoms with E-state index >= 15 is 0 Å². The van der Waals surface area contributed by atoms with Crippen molar-refractivity contribution in [2.75, 3.05) is 5.32 Å². The van der Waals surface area contributed by atoms with Gasteiger partial charge in [-0.05, 0) is 35.9 Å². The Hall–Kier alpha value is -4.00. The summed E-state index contributed by atoms with van der Waals surface area (Å²) in [5.74, 6) is 0.837. The fourth-order valence-electron chi connectivity index (χ4n) is 2.77. The number of rotatable bonds is 7. The average Bonchev–Trinajstić information content (AvgIpc) is 3.27. The van der Waals surface area contributed by atoms with Crippen molar-refractivity contribution in [3.8, 4) is 11.4 Å². The van der Waals surface area contributed by atoms with Crippen molar-refractivity contribution < 1.29 is 9.32 Å². The fourth-order valence-corrected chi connectivity index (χ4v) is 2.77. The highest BCUT2D eigenvalue weighted by Crippen LogP contribution is 2.16. The summed E-state index contributed by atoms with van der Waals surface area (Å²) < 4.78 is 5.28. The first kappa shape index (κ1) is 18.4. The van der Waals surface area contributed by atoms with Crippen molar-refractivity contribution in [2.24, 2.45) is 0 Å². The monoisotopic (exact) mass is 385 g/mol. The number of hydrogen-bond acceptors (Lipinski definition) is 6. The lowest BCUT2D eigenvalue weighted by atomic mass is 10.1. The van der Waals surface area contributed by atoms with E-state index < -0.39 is 0 Å². The topological polar surface area (TPSA) is 92.9 Å². The van der Waals surface area contributed by atoms with E-state index in [1.54, 1.807) is 24.5 Å². The number of benzene rings is 2. The molecule has 0 aliphatic rings. The first-order chi connectivity index (χ1) is 14.3. The van der Waals surface area contributed by atoms with Gasteiger partial charge in [-0.2, -0.15) is 4.98 Å². The van der Waals surface area contributed by atoms with Crippen LogP contribution in [0.2, 0.25) is 0 Å². The van der Waals surface area contributed by atoms with Crippen LogP contribution in [0.5, 0.6) is 0 Å². The molecule has 0 aliphatic heterocycles. The van der Waals surface area contributed by atoms with Crippen molar-refractivity contribution >= 4 is 11.6 Å². The molecule has 0 spiro atoms. The van der Waals surface area contributed by atoms with Gasteiger partial charge in [0.1, 0.15) is 0 Å². The summed E-state index contributed by atoms with van der Waals surface area (Å²) in [6, 6.07) is 20.7. The lowest BCUT2D eigenvalue weighted by Gasteiger charge is -2.08. The summed E-state index contributed by atoms with van der Waals surface area (Å²) in [7, 11) is 0. The Morgan fingerprint density at radius 2 is 1.76 bits per heavy atom. The summed E-state index contributed by atoms with van der Waals surface area (Å²) in [4.78, 5) is 20.8. The fraction of sp³-hybridized carbons (Fsp3) is 0.0909. The maximum absolute atomic E-state index is 12.4. The Bertz CT molecular complexity index is 1080. The summed E-state index contributed by atoms with van der Waals surface area (Å²) in [6.07, 6.45) is 3.36. The number of hydrogen-bond donors (Lipinski definition) is 2. The SMILES string of the molecule is O=C(NCc1ccccc1)c1cccc(NCc2nc(-c3ccncc3)no2)c1. The van der Waals surface area contributed by atoms with Crippen LogP contribution in [0.25, 0.3) is 11.4 Å². The zero-order chi connectivity index (χ0) is 19.9. The Morgan fingerprint density at radius 1 is 0.931 bits per heavy atom. The van der Waals surface area contributed by atoms with Gasteiger partial charge < -0.3 is 15.2 Å². The molecular formula is C22H19N5O2. The van der Waals surface area contributed by atoms with E-state index in [9.17, 15) is 4.79 Å². The minimum Gasteiger partial charge on any atom is -0.376 e. The Morgan fingerprint density at radius 3 is 2.59 bits per heavy atom. The third-order valence-electron chi connectivity index (χ3n) is 4.27. The van der Waals surface area contributed by atoms with Crippen molar-refractivity contribution in [1.82, 2.24) is 20.4 Å². The molecular weight excluding hydrogens is 366 g/mol. The number of carbonyl (C=O) groups is 1. The zero-order valence-corrected chi connectivity index (χ0v) is 15.6. The first-order valence-electron chi connectivity index (χ1n) is 9.17. The summed E-state index contributed by atoms with van der Waals surface area (Å²) in [5, 5.41) is 10.1. The molecule has 0 atom stereocenters. The number of anilines is 1. The zero-order valence-electron chi connectivity index (χ0n) is 15.6. The third-order valence-corrected chi connectivity index (χ3v) is 4.27. The van der Waals surface area contributed by atoms with E-state index in [1.807, 2.05) is 54.6 Å². The molecule has 4 aromatic rings. The van der Waals surface area contributed by atoms with E-state index in [1.165, 1.54) is 0 Å². The largest absolute Gasteiger partial charge is 0.376 e. The van der Waals surface area contributed by atoms with Gasteiger partial charge in [-0.15, -0.1) is 0 Å². The minimum absolute atomic E-state index is 0.129. The van der Waals surface area contributed by atoms with Crippen LogP contribution in [0.1, 0.15) is 21.8 Å². The van der Waals surface area contributed by atoms with Gasteiger partial charge in [0, 0.05) is 35.8 Å². The van der Waals surface area contributed by atoms with Crippen LogP contribution in [-0.4, -0.2) is 21.0 Å². The summed E-state index contributed by atoms with van der Waals surface area (Å²) in [6.45, 7) is 0.838. The van der Waals surface area contributed by atoms with Crippen LogP contribution in [0.4, 0.5) is 5.69 Å². The molecule has 0 unspecified atom stereocenters. The highest BCUT2D eigenvalue weighted by Gasteiger charge is 2.09. The number of pyridine rings is 1. The molecule has 0 radical (unpaired) electrons. The predicted molar refractivity (Wildman–Crippen MR) is 109 cm³/mol. The van der Waals surface area contributed by atoms with Crippen LogP contribution >= 0.6 is 0 Å². The summed E-state index contributed by atoms with van der Waals surface area (Å²) >= 11 is 0. The van der Waals surface area contributed by atoms with Crippen molar-refractivity contribution in [3.63, 3.8) is 0 Å². The molecule has 1 amide bonds. The summed E-state index contributed by atoms with van der Waals surface area (Å²) in [5.41, 5.74) is 3.26. The molecule has 2 N–H and O–H groups in total. The molecule has 144 valence electrons. The molecule has 0 bridgehead atoms. The van der Waals surface area contributed by atoms with Gasteiger partial charge in [-0.3, -0.25) is 9.78 Å². The smallest absolute Gasteiger partial charge is 0.251 e. The molecule has 7 nitrogen and oxygen atoms in total. The Balaban J connectivity index is 1.35. The molecule has 0 saturated carbocycles. The van der Waals surface area contributed by atoms with Gasteiger partial charge in [0.15, 0.2) is 0 Å². The van der Waals surface area contributed by atoms with E-state index in [0.717, 1.165) is 16.8 Å². The van der Waals surface area contributed by atoms with Crippen molar-refractivity contribution in [1.29, 1.82) is 0 Å². The minimum atomic E-state index is -0.129. The molecule has 7 heteroatoms. The Kier molecular flexibility index (Phi) is 5.57. The molecule has 0 saturated heterocycles. The second-order valence-electron chi connectivity index (χ2n) is 6.35. The molecule has 2 heterocycles. The lowest BCUT2D eigenvalue weighted by Crippen LogP contribution is -2.22. The van der Waals surface area contributed by atoms with Gasteiger partial charge in [-0.25, -0.2) is 0 Å². The Labute approximate surface area is 167 Å². The van der Waals surface area contributed by atoms with E-state index in [0.29, 0.717) is 30.4 Å². The van der Waals surface area contributed by atoms with Gasteiger partial charge in [0.05, 0.1) is 6.54 Å². The van der Waals surface area contributed by atoms with Crippen LogP contribution in [0, 0.1) is 0 Å². The predicted octanol–water partition coefficient (Wildman–Crippen LogP) is 3.67. The van der Waals surface area contributed by atoms with E-state index in [4.69, 9.17) is 4.52 Å². The molecule has 2 aromatic heterocycles. The number of nitrogens with zero attached hydrogens (tertiary/aromatic N) is 3. The van der Waals surface area contributed by atoms with Gasteiger partial charge in [-0.1, -0.05) is 41.6 Å². The number of aromatic nitrogens is 3. The quantitative estimate of drug-likeness (QED) is 0.504. The number of nitrogens with one attached hydrogen (secondary N) is 2. The van der Waals surface area contributed by atoms with Gasteiger partial charge in [0.25, 0.3) is 5.91 Å². The van der Waals surface area contributed by atoms with Crippen molar-refractivity contribution in [2.45, 2.75) is 13.1 Å². The van der Waals surface area contributed by atoms with Gasteiger partial charge in [0.2, 0.25) is 11.7 Å². The first-order valence-corrected chi connectivity index (χ1v) is 9.17. The third kappa shape index (κ3) is 4.84. The highest BCUT2D eigenvalue weighted by molar-refractivity contribution is 5.95. The van der Waals surface area contributed by atoms with Gasteiger partial charge >= 0.3 is 0 Å². The number of amides is 1.